The largest absolute Gasteiger partial charge is 0.372 e. The van der Waals surface area contributed by atoms with Crippen LogP contribution in [0.5, 0.6) is 0 Å². The molecule has 0 N–H and O–H groups in total. The van der Waals surface area contributed by atoms with Crippen LogP contribution in [-0.4, -0.2) is 46.3 Å². The van der Waals surface area contributed by atoms with E-state index in [-0.39, 0.29) is 11.7 Å². The van der Waals surface area contributed by atoms with Crippen molar-refractivity contribution >= 4 is 0 Å². The Morgan fingerprint density at radius 3 is 2.88 bits per heavy atom. The summed E-state index contributed by atoms with van der Waals surface area (Å²) in [7, 11) is 0. The van der Waals surface area contributed by atoms with E-state index in [1.165, 1.54) is 0 Å². The van der Waals surface area contributed by atoms with Crippen LogP contribution in [0.3, 0.4) is 0 Å². The highest BCUT2D eigenvalue weighted by Crippen LogP contribution is 2.36. The molecule has 2 aliphatic heterocycles. The highest BCUT2D eigenvalue weighted by Gasteiger charge is 2.47. The Hall–Kier alpha value is -1.82. The van der Waals surface area contributed by atoms with Gasteiger partial charge in [0.2, 0.25) is 0 Å². The third-order valence-corrected chi connectivity index (χ3v) is 5.00. The van der Waals surface area contributed by atoms with Crippen LogP contribution in [0.2, 0.25) is 0 Å². The zero-order valence-corrected chi connectivity index (χ0v) is 14.7. The lowest BCUT2D eigenvalue weighted by Gasteiger charge is -2.53. The van der Waals surface area contributed by atoms with Gasteiger partial charge in [0.1, 0.15) is 0 Å². The molecule has 2 aromatic rings. The lowest BCUT2D eigenvalue weighted by molar-refractivity contribution is -0.200. The zero-order chi connectivity index (χ0) is 17.1. The molecule has 5 heteroatoms. The van der Waals surface area contributed by atoms with Gasteiger partial charge in [-0.05, 0) is 37.6 Å². The second-order valence-corrected chi connectivity index (χ2v) is 7.19. The van der Waals surface area contributed by atoms with Crippen molar-refractivity contribution in [3.8, 4) is 0 Å². The molecular weight excluding hydrogens is 314 g/mol. The summed E-state index contributed by atoms with van der Waals surface area (Å²) >= 11 is 0. The van der Waals surface area contributed by atoms with E-state index in [1.807, 2.05) is 37.4 Å². The van der Waals surface area contributed by atoms with Crippen LogP contribution in [-0.2, 0) is 22.6 Å². The normalized spacial score (nSPS) is 22.7. The molecular formula is C20H25N3O2. The molecule has 4 rings (SSSR count). The molecule has 0 amide bonds. The Morgan fingerprint density at radius 2 is 2.08 bits per heavy atom. The summed E-state index contributed by atoms with van der Waals surface area (Å²) in [5.74, 6) is 0. The van der Waals surface area contributed by atoms with Crippen LogP contribution in [0.4, 0.5) is 0 Å². The number of hydrogen-bond acceptors (Lipinski definition) is 5. The molecule has 0 bridgehead atoms. The Morgan fingerprint density at radius 1 is 1.20 bits per heavy atom. The van der Waals surface area contributed by atoms with Crippen LogP contribution < -0.4 is 0 Å². The molecule has 2 aromatic heterocycles. The van der Waals surface area contributed by atoms with E-state index in [1.54, 1.807) is 0 Å². The van der Waals surface area contributed by atoms with E-state index in [9.17, 15) is 0 Å². The number of pyridine rings is 2. The van der Waals surface area contributed by atoms with E-state index in [0.717, 1.165) is 56.2 Å². The highest BCUT2D eigenvalue weighted by molar-refractivity contribution is 5.11. The lowest BCUT2D eigenvalue weighted by Crippen LogP contribution is -2.65. The summed E-state index contributed by atoms with van der Waals surface area (Å²) in [5.41, 5.74) is 3.17. The molecule has 2 aliphatic rings. The number of aryl methyl sites for hydroxylation is 1. The lowest BCUT2D eigenvalue weighted by atomic mass is 9.84. The fraction of sp³-hybridized carbons (Fsp3) is 0.500. The number of rotatable bonds is 5. The van der Waals surface area contributed by atoms with Crippen LogP contribution in [0.1, 0.15) is 29.9 Å². The second kappa shape index (κ2) is 7.20. The molecule has 0 unspecified atom stereocenters. The molecule has 1 atom stereocenters. The maximum Gasteiger partial charge on any atom is 0.0959 e. The van der Waals surface area contributed by atoms with Gasteiger partial charge in [-0.1, -0.05) is 12.1 Å². The first-order chi connectivity index (χ1) is 12.2. The maximum absolute atomic E-state index is 6.12. The molecule has 4 heterocycles. The van der Waals surface area contributed by atoms with Crippen molar-refractivity contribution in [2.24, 2.45) is 0 Å². The first-order valence-corrected chi connectivity index (χ1v) is 9.01. The van der Waals surface area contributed by atoms with E-state index < -0.39 is 0 Å². The van der Waals surface area contributed by atoms with Gasteiger partial charge in [-0.25, -0.2) is 0 Å². The maximum atomic E-state index is 6.12. The summed E-state index contributed by atoms with van der Waals surface area (Å²) in [5, 5.41) is 0. The Labute approximate surface area is 149 Å². The van der Waals surface area contributed by atoms with Gasteiger partial charge in [0, 0.05) is 44.6 Å². The van der Waals surface area contributed by atoms with Crippen LogP contribution in [0, 0.1) is 6.92 Å². The molecule has 1 spiro atoms. The van der Waals surface area contributed by atoms with Crippen molar-refractivity contribution in [2.45, 2.75) is 44.6 Å². The van der Waals surface area contributed by atoms with Crippen molar-refractivity contribution in [1.82, 2.24) is 14.9 Å². The number of likely N-dealkylation sites (tertiary alicyclic amines) is 1. The second-order valence-electron chi connectivity index (χ2n) is 7.19. The van der Waals surface area contributed by atoms with Gasteiger partial charge in [0.05, 0.1) is 29.7 Å². The van der Waals surface area contributed by atoms with Crippen molar-refractivity contribution in [1.29, 1.82) is 0 Å². The summed E-state index contributed by atoms with van der Waals surface area (Å²) in [6, 6.07) is 12.1. The third-order valence-electron chi connectivity index (χ3n) is 5.00. The minimum atomic E-state index is -0.0309. The molecule has 25 heavy (non-hydrogen) atoms. The average Bonchev–Trinajstić information content (AvgIpc) is 2.60. The summed E-state index contributed by atoms with van der Waals surface area (Å²) in [6.07, 6.45) is 4.01. The minimum Gasteiger partial charge on any atom is -0.372 e. The monoisotopic (exact) mass is 339 g/mol. The van der Waals surface area contributed by atoms with Gasteiger partial charge < -0.3 is 9.47 Å². The first kappa shape index (κ1) is 16.6. The fourth-order valence-electron chi connectivity index (χ4n) is 3.83. The van der Waals surface area contributed by atoms with Crippen LogP contribution >= 0.6 is 0 Å². The average molecular weight is 339 g/mol. The van der Waals surface area contributed by atoms with Gasteiger partial charge in [0.25, 0.3) is 0 Å². The summed E-state index contributed by atoms with van der Waals surface area (Å²) < 4.78 is 12.2. The highest BCUT2D eigenvalue weighted by atomic mass is 16.5. The predicted octanol–water partition coefficient (Wildman–Crippen LogP) is 2.74. The Bertz CT molecular complexity index is 701. The van der Waals surface area contributed by atoms with E-state index in [4.69, 9.17) is 9.47 Å². The van der Waals surface area contributed by atoms with E-state index in [0.29, 0.717) is 6.61 Å². The van der Waals surface area contributed by atoms with Gasteiger partial charge in [-0.2, -0.15) is 0 Å². The smallest absolute Gasteiger partial charge is 0.0959 e. The quantitative estimate of drug-likeness (QED) is 0.838. The third kappa shape index (κ3) is 4.06. The van der Waals surface area contributed by atoms with Gasteiger partial charge >= 0.3 is 0 Å². The minimum absolute atomic E-state index is 0.0309. The van der Waals surface area contributed by atoms with E-state index >= 15 is 0 Å². The molecule has 0 aromatic carbocycles. The summed E-state index contributed by atoms with van der Waals surface area (Å²) in [6.45, 7) is 6.22. The summed E-state index contributed by atoms with van der Waals surface area (Å²) in [4.78, 5) is 11.3. The molecule has 2 saturated heterocycles. The molecule has 132 valence electrons. The van der Waals surface area contributed by atoms with Crippen LogP contribution in [0.15, 0.2) is 42.6 Å². The van der Waals surface area contributed by atoms with Crippen molar-refractivity contribution in [2.75, 3.05) is 19.7 Å². The molecule has 5 nitrogen and oxygen atoms in total. The molecule has 0 saturated carbocycles. The van der Waals surface area contributed by atoms with Crippen LogP contribution in [0.25, 0.3) is 0 Å². The first-order valence-electron chi connectivity index (χ1n) is 9.01. The fourth-order valence-corrected chi connectivity index (χ4v) is 3.83. The molecule has 0 aliphatic carbocycles. The predicted molar refractivity (Wildman–Crippen MR) is 95.0 cm³/mol. The number of ether oxygens (including phenoxy) is 2. The SMILES string of the molecule is Cc1cccc(CN2CC3(C[C@H](OCc4ccccn4)CCO3)C2)n1. The molecule has 0 radical (unpaired) electrons. The van der Waals surface area contributed by atoms with Crippen molar-refractivity contribution in [3.63, 3.8) is 0 Å². The standard InChI is InChI=1S/C20H25N3O2/c1-16-5-4-7-17(22-16)12-23-14-20(15-23)11-19(8-10-25-20)24-13-18-6-2-3-9-21-18/h2-7,9,19H,8,10-15H2,1H3/t19-/m1/s1. The number of nitrogens with zero attached hydrogens (tertiary/aromatic N) is 3. The van der Waals surface area contributed by atoms with Gasteiger partial charge in [-0.3, -0.25) is 14.9 Å². The Kier molecular flexibility index (Phi) is 4.79. The number of hydrogen-bond donors (Lipinski definition) is 0. The zero-order valence-electron chi connectivity index (χ0n) is 14.7. The van der Waals surface area contributed by atoms with Gasteiger partial charge in [-0.15, -0.1) is 0 Å². The number of aromatic nitrogens is 2. The van der Waals surface area contributed by atoms with Gasteiger partial charge in [0.15, 0.2) is 0 Å². The van der Waals surface area contributed by atoms with E-state index in [2.05, 4.69) is 27.0 Å². The topological polar surface area (TPSA) is 47.5 Å². The van der Waals surface area contributed by atoms with Crippen molar-refractivity contribution in [3.05, 3.63) is 59.7 Å². The van der Waals surface area contributed by atoms with Crippen molar-refractivity contribution < 1.29 is 9.47 Å². The Balaban J connectivity index is 1.27. The molecule has 2 fully saturated rings.